The number of nitrogens with one attached hydrogen (secondary N) is 1. The molecule has 0 spiro atoms. The normalized spacial score (nSPS) is 10.1. The summed E-state index contributed by atoms with van der Waals surface area (Å²) in [5, 5.41) is 2.87. The largest absolute Gasteiger partial charge is 0.497 e. The highest BCUT2D eigenvalue weighted by molar-refractivity contribution is 5.82. The van der Waals surface area contributed by atoms with Gasteiger partial charge in [0.15, 0.2) is 0 Å². The van der Waals surface area contributed by atoms with E-state index in [0.717, 1.165) is 0 Å². The number of hydrogen-bond acceptors (Lipinski definition) is 5. The molecule has 5 heteroatoms. The van der Waals surface area contributed by atoms with Crippen molar-refractivity contribution in [2.75, 3.05) is 25.3 Å². The fourth-order valence-corrected chi connectivity index (χ4v) is 1.07. The van der Waals surface area contributed by atoms with Gasteiger partial charge in [0.1, 0.15) is 5.75 Å². The quantitative estimate of drug-likeness (QED) is 0.457. The zero-order valence-corrected chi connectivity index (χ0v) is 9.19. The monoisotopic (exact) mass is 222 g/mol. The Morgan fingerprint density at radius 3 is 2.75 bits per heavy atom. The third-order valence-electron chi connectivity index (χ3n) is 1.92. The average molecular weight is 222 g/mol. The molecule has 1 aromatic carbocycles. The van der Waals surface area contributed by atoms with Gasteiger partial charge < -0.3 is 20.5 Å². The van der Waals surface area contributed by atoms with E-state index in [-0.39, 0.29) is 0 Å². The molecule has 16 heavy (non-hydrogen) atoms. The molecular weight excluding hydrogens is 208 g/mol. The van der Waals surface area contributed by atoms with Crippen molar-refractivity contribution in [2.24, 2.45) is 0 Å². The van der Waals surface area contributed by atoms with Gasteiger partial charge in [-0.25, -0.2) is 4.79 Å². The minimum absolute atomic E-state index is 0.431. The second kappa shape index (κ2) is 5.65. The Morgan fingerprint density at radius 2 is 2.19 bits per heavy atom. The molecule has 0 heterocycles. The van der Waals surface area contributed by atoms with E-state index < -0.39 is 5.97 Å². The van der Waals surface area contributed by atoms with Crippen LogP contribution in [0, 0.1) is 0 Å². The van der Waals surface area contributed by atoms with Crippen molar-refractivity contribution in [3.05, 3.63) is 30.5 Å². The van der Waals surface area contributed by atoms with E-state index in [1.807, 2.05) is 0 Å². The van der Waals surface area contributed by atoms with E-state index in [1.54, 1.807) is 25.3 Å². The molecule has 0 amide bonds. The van der Waals surface area contributed by atoms with E-state index in [9.17, 15) is 4.79 Å². The van der Waals surface area contributed by atoms with Crippen LogP contribution in [0.15, 0.2) is 30.5 Å². The average Bonchev–Trinajstić information content (AvgIpc) is 2.30. The Bertz CT molecular complexity index is 402. The number of methoxy groups -OCH3 is 2. The van der Waals surface area contributed by atoms with Crippen LogP contribution in [0.25, 0.3) is 0 Å². The van der Waals surface area contributed by atoms with Gasteiger partial charge >= 0.3 is 5.97 Å². The molecule has 0 saturated carbocycles. The van der Waals surface area contributed by atoms with Crippen molar-refractivity contribution in [2.45, 2.75) is 0 Å². The van der Waals surface area contributed by atoms with Crippen LogP contribution in [0.5, 0.6) is 5.75 Å². The third-order valence-corrected chi connectivity index (χ3v) is 1.92. The van der Waals surface area contributed by atoms with Gasteiger partial charge in [-0.05, 0) is 12.1 Å². The number of benzene rings is 1. The zero-order chi connectivity index (χ0) is 12.0. The van der Waals surface area contributed by atoms with Crippen LogP contribution < -0.4 is 15.8 Å². The highest BCUT2D eigenvalue weighted by Gasteiger charge is 1.99. The predicted molar refractivity (Wildman–Crippen MR) is 62.2 cm³/mol. The van der Waals surface area contributed by atoms with Gasteiger partial charge in [0.05, 0.1) is 25.6 Å². The summed E-state index contributed by atoms with van der Waals surface area (Å²) in [5.41, 5.74) is 6.99. The number of carbonyl (C=O) groups excluding carboxylic acids is 1. The summed E-state index contributed by atoms with van der Waals surface area (Å²) >= 11 is 0. The molecule has 0 atom stereocenters. The first kappa shape index (κ1) is 11.9. The molecule has 0 bridgehead atoms. The van der Waals surface area contributed by atoms with Crippen molar-refractivity contribution in [1.82, 2.24) is 0 Å². The standard InChI is InChI=1S/C11H14N2O3/c1-15-8-3-4-10(9(12)7-8)13-6-5-11(14)16-2/h3-7,13H,12H2,1-2H3/b6-5+. The van der Waals surface area contributed by atoms with Crippen LogP contribution in [0.2, 0.25) is 0 Å². The number of esters is 1. The minimum Gasteiger partial charge on any atom is -0.497 e. The summed E-state index contributed by atoms with van der Waals surface area (Å²) in [6, 6.07) is 5.22. The summed E-state index contributed by atoms with van der Waals surface area (Å²) in [7, 11) is 2.88. The van der Waals surface area contributed by atoms with Gasteiger partial charge in [0.25, 0.3) is 0 Å². The molecule has 3 N–H and O–H groups in total. The Kier molecular flexibility index (Phi) is 4.20. The molecule has 0 aromatic heterocycles. The number of hydrogen-bond donors (Lipinski definition) is 2. The summed E-state index contributed by atoms with van der Waals surface area (Å²) in [4.78, 5) is 10.8. The smallest absolute Gasteiger partial charge is 0.331 e. The first-order valence-corrected chi connectivity index (χ1v) is 4.62. The lowest BCUT2D eigenvalue weighted by Crippen LogP contribution is -1.99. The number of nitrogens with two attached hydrogens (primary N) is 1. The van der Waals surface area contributed by atoms with Crippen molar-refractivity contribution < 1.29 is 14.3 Å². The van der Waals surface area contributed by atoms with E-state index in [2.05, 4.69) is 10.1 Å². The molecule has 0 radical (unpaired) electrons. The SMILES string of the molecule is COC(=O)/C=C/Nc1ccc(OC)cc1N. The lowest BCUT2D eigenvalue weighted by atomic mass is 10.2. The Morgan fingerprint density at radius 1 is 1.44 bits per heavy atom. The second-order valence-electron chi connectivity index (χ2n) is 2.95. The molecule has 86 valence electrons. The molecule has 0 aliphatic heterocycles. The van der Waals surface area contributed by atoms with Crippen LogP contribution in [0.3, 0.4) is 0 Å². The molecular formula is C11H14N2O3. The maximum atomic E-state index is 10.8. The molecule has 0 aliphatic rings. The van der Waals surface area contributed by atoms with Gasteiger partial charge in [-0.15, -0.1) is 0 Å². The Hall–Kier alpha value is -2.17. The van der Waals surface area contributed by atoms with E-state index in [0.29, 0.717) is 17.1 Å². The molecule has 0 aliphatic carbocycles. The highest BCUT2D eigenvalue weighted by atomic mass is 16.5. The summed E-state index contributed by atoms with van der Waals surface area (Å²) in [6.45, 7) is 0. The summed E-state index contributed by atoms with van der Waals surface area (Å²) in [5.74, 6) is 0.250. The van der Waals surface area contributed by atoms with E-state index >= 15 is 0 Å². The molecule has 5 nitrogen and oxygen atoms in total. The van der Waals surface area contributed by atoms with Crippen LogP contribution in [-0.4, -0.2) is 20.2 Å². The third kappa shape index (κ3) is 3.20. The van der Waals surface area contributed by atoms with Gasteiger partial charge in [-0.1, -0.05) is 0 Å². The maximum Gasteiger partial charge on any atom is 0.331 e. The van der Waals surface area contributed by atoms with Crippen LogP contribution in [0.4, 0.5) is 11.4 Å². The molecule has 1 aromatic rings. The summed E-state index contributed by atoms with van der Waals surface area (Å²) in [6.07, 6.45) is 2.73. The first-order chi connectivity index (χ1) is 7.67. The number of carbonyl (C=O) groups is 1. The molecule has 0 unspecified atom stereocenters. The maximum absolute atomic E-state index is 10.8. The molecule has 0 fully saturated rings. The van der Waals surface area contributed by atoms with Gasteiger partial charge in [0.2, 0.25) is 0 Å². The second-order valence-corrected chi connectivity index (χ2v) is 2.95. The fraction of sp³-hybridized carbons (Fsp3) is 0.182. The van der Waals surface area contributed by atoms with Crippen molar-refractivity contribution >= 4 is 17.3 Å². The molecule has 1 rings (SSSR count). The van der Waals surface area contributed by atoms with E-state index in [4.69, 9.17) is 10.5 Å². The van der Waals surface area contributed by atoms with Crippen LogP contribution >= 0.6 is 0 Å². The minimum atomic E-state index is -0.431. The first-order valence-electron chi connectivity index (χ1n) is 4.62. The number of anilines is 2. The van der Waals surface area contributed by atoms with Gasteiger partial charge in [-0.3, -0.25) is 0 Å². The van der Waals surface area contributed by atoms with Gasteiger partial charge in [-0.2, -0.15) is 0 Å². The van der Waals surface area contributed by atoms with Crippen LogP contribution in [-0.2, 0) is 9.53 Å². The fourth-order valence-electron chi connectivity index (χ4n) is 1.07. The summed E-state index contributed by atoms with van der Waals surface area (Å²) < 4.78 is 9.45. The number of ether oxygens (including phenoxy) is 2. The van der Waals surface area contributed by atoms with E-state index in [1.165, 1.54) is 19.4 Å². The topological polar surface area (TPSA) is 73.6 Å². The number of nitrogen functional groups attached to an aromatic ring is 1. The Labute approximate surface area is 93.8 Å². The Balaban J connectivity index is 2.68. The highest BCUT2D eigenvalue weighted by Crippen LogP contribution is 2.23. The lowest BCUT2D eigenvalue weighted by Gasteiger charge is -2.07. The van der Waals surface area contributed by atoms with Crippen molar-refractivity contribution in [1.29, 1.82) is 0 Å². The zero-order valence-electron chi connectivity index (χ0n) is 9.19. The predicted octanol–water partition coefficient (Wildman–Crippen LogP) is 1.38. The molecule has 0 saturated heterocycles. The van der Waals surface area contributed by atoms with Crippen molar-refractivity contribution in [3.63, 3.8) is 0 Å². The van der Waals surface area contributed by atoms with Gasteiger partial charge in [0, 0.05) is 18.3 Å². The van der Waals surface area contributed by atoms with Crippen molar-refractivity contribution in [3.8, 4) is 5.75 Å². The lowest BCUT2D eigenvalue weighted by molar-refractivity contribution is -0.134. The number of rotatable bonds is 4. The van der Waals surface area contributed by atoms with Crippen LogP contribution in [0.1, 0.15) is 0 Å².